The average molecular weight is 336 g/mol. The molecule has 0 fully saturated rings. The largest absolute Gasteiger partial charge is 0.451 e. The maximum atomic E-state index is 5.87. The SMILES string of the molecule is CCc1c(-c2nc(C(C)N)no2)oc2ccc(Br)cc12. The predicted molar refractivity (Wildman–Crippen MR) is 79.2 cm³/mol. The summed E-state index contributed by atoms with van der Waals surface area (Å²) in [6.45, 7) is 3.88. The Morgan fingerprint density at radius 2 is 2.20 bits per heavy atom. The molecule has 104 valence electrons. The molecule has 2 heterocycles. The molecule has 0 aliphatic heterocycles. The van der Waals surface area contributed by atoms with Crippen LogP contribution in [0.3, 0.4) is 0 Å². The zero-order valence-electron chi connectivity index (χ0n) is 11.2. The molecule has 1 atom stereocenters. The summed E-state index contributed by atoms with van der Waals surface area (Å²) in [6.07, 6.45) is 0.814. The lowest BCUT2D eigenvalue weighted by Crippen LogP contribution is -2.06. The van der Waals surface area contributed by atoms with E-state index in [2.05, 4.69) is 33.0 Å². The number of fused-ring (bicyclic) bond motifs is 1. The maximum absolute atomic E-state index is 5.87. The van der Waals surface area contributed by atoms with Gasteiger partial charge in [-0.1, -0.05) is 28.0 Å². The van der Waals surface area contributed by atoms with Gasteiger partial charge in [0.25, 0.3) is 5.89 Å². The fourth-order valence-electron chi connectivity index (χ4n) is 2.16. The third-order valence-corrected chi connectivity index (χ3v) is 3.64. The van der Waals surface area contributed by atoms with Crippen molar-refractivity contribution in [2.75, 3.05) is 0 Å². The maximum Gasteiger partial charge on any atom is 0.294 e. The molecule has 6 heteroatoms. The van der Waals surface area contributed by atoms with Gasteiger partial charge in [0.15, 0.2) is 11.6 Å². The van der Waals surface area contributed by atoms with Crippen molar-refractivity contribution in [1.29, 1.82) is 0 Å². The summed E-state index contributed by atoms with van der Waals surface area (Å²) >= 11 is 3.47. The molecule has 0 saturated heterocycles. The van der Waals surface area contributed by atoms with Crippen LogP contribution in [0, 0.1) is 0 Å². The van der Waals surface area contributed by atoms with Crippen molar-refractivity contribution in [3.05, 3.63) is 34.1 Å². The molecule has 3 aromatic rings. The second-order valence-electron chi connectivity index (χ2n) is 4.65. The first-order valence-electron chi connectivity index (χ1n) is 6.40. The molecule has 0 amide bonds. The summed E-state index contributed by atoms with van der Waals surface area (Å²) in [5.74, 6) is 1.48. The number of hydrogen-bond donors (Lipinski definition) is 1. The Kier molecular flexibility index (Phi) is 3.35. The van der Waals surface area contributed by atoms with Crippen molar-refractivity contribution in [3.63, 3.8) is 0 Å². The van der Waals surface area contributed by atoms with E-state index in [4.69, 9.17) is 14.7 Å². The highest BCUT2D eigenvalue weighted by molar-refractivity contribution is 9.10. The van der Waals surface area contributed by atoms with E-state index < -0.39 is 0 Å². The molecule has 0 saturated carbocycles. The van der Waals surface area contributed by atoms with Gasteiger partial charge in [-0.2, -0.15) is 4.98 Å². The van der Waals surface area contributed by atoms with Crippen molar-refractivity contribution >= 4 is 26.9 Å². The first-order chi connectivity index (χ1) is 9.60. The normalized spacial score (nSPS) is 13.0. The van der Waals surface area contributed by atoms with Crippen LogP contribution in [0.15, 0.2) is 31.6 Å². The molecule has 1 unspecified atom stereocenters. The molecule has 0 radical (unpaired) electrons. The molecule has 1 aromatic carbocycles. The number of aryl methyl sites for hydroxylation is 1. The predicted octanol–water partition coefficient (Wildman–Crippen LogP) is 3.83. The number of hydrogen-bond acceptors (Lipinski definition) is 5. The van der Waals surface area contributed by atoms with E-state index in [1.54, 1.807) is 0 Å². The second-order valence-corrected chi connectivity index (χ2v) is 5.57. The van der Waals surface area contributed by atoms with Crippen LogP contribution in [0.5, 0.6) is 0 Å². The number of nitrogens with two attached hydrogens (primary N) is 1. The molecule has 2 N–H and O–H groups in total. The minimum Gasteiger partial charge on any atom is -0.451 e. The quantitative estimate of drug-likeness (QED) is 0.786. The van der Waals surface area contributed by atoms with E-state index in [1.807, 2.05) is 25.1 Å². The lowest BCUT2D eigenvalue weighted by molar-refractivity contribution is 0.407. The number of furan rings is 1. The van der Waals surface area contributed by atoms with Gasteiger partial charge < -0.3 is 14.7 Å². The summed E-state index contributed by atoms with van der Waals surface area (Å²) in [5, 5.41) is 4.93. The van der Waals surface area contributed by atoms with Crippen molar-refractivity contribution in [1.82, 2.24) is 10.1 Å². The van der Waals surface area contributed by atoms with E-state index in [9.17, 15) is 0 Å². The van der Waals surface area contributed by atoms with Gasteiger partial charge in [-0.05, 0) is 31.5 Å². The van der Waals surface area contributed by atoms with E-state index in [0.29, 0.717) is 17.5 Å². The van der Waals surface area contributed by atoms with E-state index in [-0.39, 0.29) is 6.04 Å². The summed E-state index contributed by atoms with van der Waals surface area (Å²) in [7, 11) is 0. The van der Waals surface area contributed by atoms with Crippen LogP contribution in [0.1, 0.15) is 31.3 Å². The van der Waals surface area contributed by atoms with Gasteiger partial charge >= 0.3 is 0 Å². The Bertz CT molecular complexity index is 761. The van der Waals surface area contributed by atoms with Crippen molar-refractivity contribution < 1.29 is 8.94 Å². The second kappa shape index (κ2) is 5.03. The highest BCUT2D eigenvalue weighted by Crippen LogP contribution is 2.34. The molecule has 0 aliphatic carbocycles. The van der Waals surface area contributed by atoms with E-state index in [0.717, 1.165) is 27.4 Å². The first-order valence-corrected chi connectivity index (χ1v) is 7.20. The van der Waals surface area contributed by atoms with Crippen LogP contribution >= 0.6 is 15.9 Å². The Labute approximate surface area is 124 Å². The van der Waals surface area contributed by atoms with Gasteiger partial charge in [0.05, 0.1) is 6.04 Å². The molecular weight excluding hydrogens is 322 g/mol. The van der Waals surface area contributed by atoms with Crippen LogP contribution < -0.4 is 5.73 Å². The van der Waals surface area contributed by atoms with Crippen molar-refractivity contribution in [2.45, 2.75) is 26.3 Å². The number of aromatic nitrogens is 2. The number of benzene rings is 1. The minimum absolute atomic E-state index is 0.268. The fraction of sp³-hybridized carbons (Fsp3) is 0.286. The number of halogens is 1. The van der Waals surface area contributed by atoms with Gasteiger partial charge in [-0.25, -0.2) is 0 Å². The zero-order valence-corrected chi connectivity index (χ0v) is 12.8. The van der Waals surface area contributed by atoms with Gasteiger partial charge in [0.2, 0.25) is 0 Å². The topological polar surface area (TPSA) is 78.1 Å². The Morgan fingerprint density at radius 3 is 2.85 bits per heavy atom. The van der Waals surface area contributed by atoms with Crippen LogP contribution in [-0.4, -0.2) is 10.1 Å². The molecule has 0 aliphatic rings. The smallest absolute Gasteiger partial charge is 0.294 e. The molecule has 2 aromatic heterocycles. The highest BCUT2D eigenvalue weighted by Gasteiger charge is 2.21. The van der Waals surface area contributed by atoms with Crippen molar-refractivity contribution in [2.24, 2.45) is 5.73 Å². The van der Waals surface area contributed by atoms with Crippen LogP contribution in [0.4, 0.5) is 0 Å². The third-order valence-electron chi connectivity index (χ3n) is 3.15. The molecule has 5 nitrogen and oxygen atoms in total. The molecular formula is C14H14BrN3O2. The van der Waals surface area contributed by atoms with Crippen molar-refractivity contribution in [3.8, 4) is 11.7 Å². The van der Waals surface area contributed by atoms with Gasteiger partial charge in [-0.3, -0.25) is 0 Å². The van der Waals surface area contributed by atoms with Gasteiger partial charge in [-0.15, -0.1) is 0 Å². The molecule has 20 heavy (non-hydrogen) atoms. The summed E-state index contributed by atoms with van der Waals surface area (Å²) in [5.41, 5.74) is 7.61. The van der Waals surface area contributed by atoms with E-state index >= 15 is 0 Å². The summed E-state index contributed by atoms with van der Waals surface area (Å²) in [6, 6.07) is 5.63. The van der Waals surface area contributed by atoms with Crippen LogP contribution in [-0.2, 0) is 6.42 Å². The zero-order chi connectivity index (χ0) is 14.3. The average Bonchev–Trinajstić information content (AvgIpc) is 3.01. The third kappa shape index (κ3) is 2.14. The first kappa shape index (κ1) is 13.3. The number of nitrogens with zero attached hydrogens (tertiary/aromatic N) is 2. The lowest BCUT2D eigenvalue weighted by Gasteiger charge is -1.95. The fourth-order valence-corrected chi connectivity index (χ4v) is 2.52. The Morgan fingerprint density at radius 1 is 1.40 bits per heavy atom. The minimum atomic E-state index is -0.268. The standard InChI is InChI=1S/C14H14BrN3O2/c1-3-9-10-6-8(15)4-5-11(10)19-12(9)14-17-13(7(2)16)18-20-14/h4-7H,3,16H2,1-2H3. The van der Waals surface area contributed by atoms with Crippen LogP contribution in [0.25, 0.3) is 22.6 Å². The lowest BCUT2D eigenvalue weighted by atomic mass is 10.1. The highest BCUT2D eigenvalue weighted by atomic mass is 79.9. The monoisotopic (exact) mass is 335 g/mol. The number of rotatable bonds is 3. The van der Waals surface area contributed by atoms with Gasteiger partial charge in [0.1, 0.15) is 5.58 Å². The molecule has 0 spiro atoms. The van der Waals surface area contributed by atoms with E-state index in [1.165, 1.54) is 0 Å². The molecule has 0 bridgehead atoms. The van der Waals surface area contributed by atoms with Gasteiger partial charge in [0, 0.05) is 15.4 Å². The van der Waals surface area contributed by atoms with Crippen LogP contribution in [0.2, 0.25) is 0 Å². The summed E-state index contributed by atoms with van der Waals surface area (Å²) < 4.78 is 12.1. The Hall–Kier alpha value is -1.66. The molecule has 3 rings (SSSR count). The Balaban J connectivity index is 2.19. The summed E-state index contributed by atoms with van der Waals surface area (Å²) in [4.78, 5) is 4.30.